The van der Waals surface area contributed by atoms with Crippen molar-refractivity contribution in [3.8, 4) is 0 Å². The van der Waals surface area contributed by atoms with Crippen LogP contribution in [0.25, 0.3) is 0 Å². The van der Waals surface area contributed by atoms with Crippen LogP contribution in [0.3, 0.4) is 0 Å². The summed E-state index contributed by atoms with van der Waals surface area (Å²) in [4.78, 5) is 11.7. The minimum Gasteiger partial charge on any atom is -0.368 e. The third-order valence-electron chi connectivity index (χ3n) is 3.02. The van der Waals surface area contributed by atoms with Gasteiger partial charge in [-0.05, 0) is 36.2 Å². The van der Waals surface area contributed by atoms with Crippen LogP contribution in [0.5, 0.6) is 0 Å². The molecule has 23 heavy (non-hydrogen) atoms. The number of rotatable bonds is 7. The summed E-state index contributed by atoms with van der Waals surface area (Å²) in [5.74, 6) is 0.312. The molecule has 0 atom stereocenters. The second kappa shape index (κ2) is 8.50. The lowest BCUT2D eigenvalue weighted by atomic mass is 10.1. The van der Waals surface area contributed by atoms with Crippen molar-refractivity contribution >= 4 is 34.9 Å². The molecule has 2 N–H and O–H groups in total. The molecule has 7 heteroatoms. The van der Waals surface area contributed by atoms with Crippen LogP contribution in [0.15, 0.2) is 43.0 Å². The van der Waals surface area contributed by atoms with Crippen LogP contribution in [-0.2, 0) is 6.42 Å². The Balaban J connectivity index is 1.86. The molecule has 1 aromatic heterocycles. The zero-order valence-electron chi connectivity index (χ0n) is 12.4. The molecule has 0 unspecified atom stereocenters. The van der Waals surface area contributed by atoms with E-state index >= 15 is 0 Å². The number of benzene rings is 1. The van der Waals surface area contributed by atoms with E-state index in [4.69, 9.17) is 23.2 Å². The number of carbonyl (C=O) groups is 1. The molecule has 0 saturated carbocycles. The highest BCUT2D eigenvalue weighted by atomic mass is 35.5. The van der Waals surface area contributed by atoms with Gasteiger partial charge in [-0.2, -0.15) is 0 Å². The highest BCUT2D eigenvalue weighted by Gasteiger charge is 2.07. The molecule has 0 aliphatic heterocycles. The van der Waals surface area contributed by atoms with Gasteiger partial charge >= 0.3 is 0 Å². The average molecular weight is 351 g/mol. The summed E-state index contributed by atoms with van der Waals surface area (Å²) in [5.41, 5.74) is 1.26. The number of hydrogen-bond acceptors (Lipinski definition) is 4. The Morgan fingerprint density at radius 3 is 2.70 bits per heavy atom. The summed E-state index contributed by atoms with van der Waals surface area (Å²) in [6, 6.07) is 8.74. The van der Waals surface area contributed by atoms with E-state index < -0.39 is 0 Å². The number of anilines is 1. The third kappa shape index (κ3) is 5.23. The normalized spacial score (nSPS) is 10.2. The Hall–Kier alpha value is -2.11. The quantitative estimate of drug-likeness (QED) is 0.751. The standard InChI is InChI=1S/C16H16Cl2N4O/c1-2-8-20-16(23)14-5-6-15(22-21-14)19-9-7-11-3-4-12(17)10-13(11)18/h2-6,10H,1,7-9H2,(H,19,22)(H,20,23). The average Bonchev–Trinajstić information content (AvgIpc) is 2.55. The molecular weight excluding hydrogens is 335 g/mol. The maximum atomic E-state index is 11.7. The van der Waals surface area contributed by atoms with Crippen molar-refractivity contribution in [2.24, 2.45) is 0 Å². The second-order valence-corrected chi connectivity index (χ2v) is 5.56. The highest BCUT2D eigenvalue weighted by molar-refractivity contribution is 6.35. The number of amides is 1. The van der Waals surface area contributed by atoms with Crippen molar-refractivity contribution < 1.29 is 4.79 Å². The third-order valence-corrected chi connectivity index (χ3v) is 3.61. The minimum atomic E-state index is -0.281. The fourth-order valence-electron chi connectivity index (χ4n) is 1.85. The molecule has 2 aromatic rings. The molecule has 120 valence electrons. The van der Waals surface area contributed by atoms with Gasteiger partial charge in [0.25, 0.3) is 5.91 Å². The van der Waals surface area contributed by atoms with E-state index in [1.807, 2.05) is 6.07 Å². The number of nitrogens with zero attached hydrogens (tertiary/aromatic N) is 2. The van der Waals surface area contributed by atoms with E-state index in [1.165, 1.54) is 0 Å². The van der Waals surface area contributed by atoms with Crippen LogP contribution >= 0.6 is 23.2 Å². The Labute approximate surface area is 144 Å². The molecule has 2 rings (SSSR count). The summed E-state index contributed by atoms with van der Waals surface area (Å²) in [6.07, 6.45) is 2.32. The topological polar surface area (TPSA) is 66.9 Å². The maximum Gasteiger partial charge on any atom is 0.272 e. The zero-order valence-corrected chi connectivity index (χ0v) is 13.9. The van der Waals surface area contributed by atoms with Crippen molar-refractivity contribution in [1.82, 2.24) is 15.5 Å². The minimum absolute atomic E-state index is 0.262. The predicted octanol–water partition coefficient (Wildman–Crippen LogP) is 3.35. The van der Waals surface area contributed by atoms with Crippen molar-refractivity contribution in [2.45, 2.75) is 6.42 Å². The lowest BCUT2D eigenvalue weighted by molar-refractivity contribution is 0.0952. The van der Waals surface area contributed by atoms with Gasteiger partial charge in [0.1, 0.15) is 5.82 Å². The van der Waals surface area contributed by atoms with Gasteiger partial charge in [0.05, 0.1) is 0 Å². The van der Waals surface area contributed by atoms with Crippen LogP contribution in [0, 0.1) is 0 Å². The van der Waals surface area contributed by atoms with Gasteiger partial charge in [-0.25, -0.2) is 0 Å². The number of aromatic nitrogens is 2. The Morgan fingerprint density at radius 1 is 1.22 bits per heavy atom. The van der Waals surface area contributed by atoms with E-state index in [0.717, 1.165) is 12.0 Å². The SMILES string of the molecule is C=CCNC(=O)c1ccc(NCCc2ccc(Cl)cc2Cl)nn1. The fraction of sp³-hybridized carbons (Fsp3) is 0.188. The maximum absolute atomic E-state index is 11.7. The van der Waals surface area contributed by atoms with Crippen molar-refractivity contribution in [2.75, 3.05) is 18.4 Å². The van der Waals surface area contributed by atoms with Gasteiger partial charge in [0.15, 0.2) is 5.69 Å². The first-order valence-electron chi connectivity index (χ1n) is 7.01. The smallest absolute Gasteiger partial charge is 0.272 e. The summed E-state index contributed by atoms with van der Waals surface area (Å²) < 4.78 is 0. The molecule has 0 bridgehead atoms. The van der Waals surface area contributed by atoms with E-state index in [2.05, 4.69) is 27.4 Å². The number of carbonyl (C=O) groups excluding carboxylic acids is 1. The molecule has 1 heterocycles. The molecule has 0 fully saturated rings. The monoisotopic (exact) mass is 350 g/mol. The van der Waals surface area contributed by atoms with Gasteiger partial charge in [0.2, 0.25) is 0 Å². The Bertz CT molecular complexity index is 689. The summed E-state index contributed by atoms with van der Waals surface area (Å²) in [6.45, 7) is 4.56. The largest absolute Gasteiger partial charge is 0.368 e. The predicted molar refractivity (Wildman–Crippen MR) is 93.2 cm³/mol. The van der Waals surface area contributed by atoms with E-state index in [9.17, 15) is 4.79 Å². The van der Waals surface area contributed by atoms with Crippen molar-refractivity contribution in [1.29, 1.82) is 0 Å². The summed E-state index contributed by atoms with van der Waals surface area (Å²) >= 11 is 12.0. The number of hydrogen-bond donors (Lipinski definition) is 2. The lowest BCUT2D eigenvalue weighted by Crippen LogP contribution is -2.24. The van der Waals surface area contributed by atoms with Gasteiger partial charge in [-0.3, -0.25) is 4.79 Å². The Morgan fingerprint density at radius 2 is 2.04 bits per heavy atom. The molecule has 0 aliphatic rings. The summed E-state index contributed by atoms with van der Waals surface area (Å²) in [5, 5.41) is 14.9. The first kappa shape index (κ1) is 17.2. The first-order valence-corrected chi connectivity index (χ1v) is 7.76. The van der Waals surface area contributed by atoms with E-state index in [1.54, 1.807) is 30.3 Å². The van der Waals surface area contributed by atoms with Crippen molar-refractivity contribution in [3.63, 3.8) is 0 Å². The van der Waals surface area contributed by atoms with E-state index in [0.29, 0.717) is 29.0 Å². The second-order valence-electron chi connectivity index (χ2n) is 4.72. The highest BCUT2D eigenvalue weighted by Crippen LogP contribution is 2.21. The molecule has 0 spiro atoms. The lowest BCUT2D eigenvalue weighted by Gasteiger charge is -2.07. The van der Waals surface area contributed by atoms with Gasteiger partial charge in [0, 0.05) is 23.1 Å². The fourth-order valence-corrected chi connectivity index (χ4v) is 2.36. The van der Waals surface area contributed by atoms with Gasteiger partial charge in [-0.1, -0.05) is 35.3 Å². The first-order chi connectivity index (χ1) is 11.1. The summed E-state index contributed by atoms with van der Waals surface area (Å²) in [7, 11) is 0. The van der Waals surface area contributed by atoms with Crippen LogP contribution in [-0.4, -0.2) is 29.2 Å². The Kier molecular flexibility index (Phi) is 6.38. The van der Waals surface area contributed by atoms with Gasteiger partial charge in [-0.15, -0.1) is 16.8 Å². The number of nitrogens with one attached hydrogen (secondary N) is 2. The van der Waals surface area contributed by atoms with Crippen LogP contribution < -0.4 is 10.6 Å². The molecule has 5 nitrogen and oxygen atoms in total. The molecule has 1 amide bonds. The van der Waals surface area contributed by atoms with Crippen LogP contribution in [0.4, 0.5) is 5.82 Å². The zero-order chi connectivity index (χ0) is 16.7. The van der Waals surface area contributed by atoms with E-state index in [-0.39, 0.29) is 11.6 Å². The van der Waals surface area contributed by atoms with Crippen LogP contribution in [0.2, 0.25) is 10.0 Å². The van der Waals surface area contributed by atoms with Crippen molar-refractivity contribution in [3.05, 3.63) is 64.3 Å². The molecule has 0 aliphatic carbocycles. The molecule has 1 aromatic carbocycles. The number of halogens is 2. The molecular formula is C16H16Cl2N4O. The molecule has 0 saturated heterocycles. The van der Waals surface area contributed by atoms with Crippen LogP contribution in [0.1, 0.15) is 16.1 Å². The van der Waals surface area contributed by atoms with Gasteiger partial charge < -0.3 is 10.6 Å². The molecule has 0 radical (unpaired) electrons.